The topological polar surface area (TPSA) is 126 Å². The molecule has 1 N–H and O–H groups in total. The Balaban J connectivity index is 1.76. The lowest BCUT2D eigenvalue weighted by Crippen LogP contribution is -2.15. The number of rotatable bonds is 7. The number of carbonyl (C=O) groups is 1. The number of anilines is 1. The number of amides is 1. The summed E-state index contributed by atoms with van der Waals surface area (Å²) in [4.78, 5) is 16.3. The third kappa shape index (κ3) is 5.79. The van der Waals surface area contributed by atoms with Crippen LogP contribution in [-0.4, -0.2) is 29.4 Å². The second-order valence-corrected chi connectivity index (χ2v) is 10.0. The van der Waals surface area contributed by atoms with Gasteiger partial charge in [-0.25, -0.2) is 8.42 Å². The number of hydrogen-bond acceptors (Lipinski definition) is 8. The van der Waals surface area contributed by atoms with E-state index < -0.39 is 15.7 Å². The molecule has 1 amide bonds. The fourth-order valence-corrected chi connectivity index (χ4v) is 5.13. The van der Waals surface area contributed by atoms with Gasteiger partial charge < -0.3 is 4.42 Å². The maximum absolute atomic E-state index is 12.4. The summed E-state index contributed by atoms with van der Waals surface area (Å²) in [6, 6.07) is 12.2. The molecule has 0 bridgehead atoms. The fraction of sp³-hybridized carbons (Fsp3) is 0.200. The van der Waals surface area contributed by atoms with E-state index in [1.54, 1.807) is 50.2 Å². The minimum Gasteiger partial charge on any atom is -0.457 e. The highest BCUT2D eigenvalue weighted by Gasteiger charge is 2.23. The van der Waals surface area contributed by atoms with E-state index in [0.717, 1.165) is 17.1 Å². The molecule has 0 radical (unpaired) electrons. The van der Waals surface area contributed by atoms with Gasteiger partial charge in [0.25, 0.3) is 11.1 Å². The van der Waals surface area contributed by atoms with E-state index in [1.165, 1.54) is 6.08 Å². The van der Waals surface area contributed by atoms with Crippen LogP contribution in [0, 0.1) is 17.2 Å². The number of aromatic nitrogens is 2. The summed E-state index contributed by atoms with van der Waals surface area (Å²) in [5.41, 5.74) is 0.507. The molecule has 0 aliphatic carbocycles. The van der Waals surface area contributed by atoms with Gasteiger partial charge in [-0.3, -0.25) is 10.1 Å². The molecule has 2 aromatic heterocycles. The van der Waals surface area contributed by atoms with Crippen LogP contribution in [0.25, 0.3) is 17.4 Å². The molecular formula is C20H17ClN4O4S2. The Morgan fingerprint density at radius 1 is 1.35 bits per heavy atom. The van der Waals surface area contributed by atoms with E-state index >= 15 is 0 Å². The molecule has 0 saturated carbocycles. The number of nitrogens with one attached hydrogen (secondary N) is 1. The second-order valence-electron chi connectivity index (χ2n) is 6.89. The van der Waals surface area contributed by atoms with Crippen LogP contribution in [-0.2, 0) is 14.6 Å². The second kappa shape index (κ2) is 9.43. The van der Waals surface area contributed by atoms with Crippen molar-refractivity contribution in [2.75, 3.05) is 11.1 Å². The zero-order valence-corrected chi connectivity index (χ0v) is 18.9. The Morgan fingerprint density at radius 2 is 2.13 bits per heavy atom. The van der Waals surface area contributed by atoms with E-state index in [2.05, 4.69) is 14.7 Å². The molecule has 0 saturated heterocycles. The number of hydrogen-bond donors (Lipinski definition) is 1. The number of benzene rings is 1. The Labute approximate surface area is 188 Å². The van der Waals surface area contributed by atoms with Gasteiger partial charge in [0.1, 0.15) is 23.2 Å². The SMILES string of the molecule is CC(C)CS(=O)(=O)c1nsc(NC(=O)/C(C#N)=C\c2ccc(-c3cccc(Cl)c3)o2)n1. The molecule has 3 aromatic rings. The van der Waals surface area contributed by atoms with Crippen LogP contribution in [0.1, 0.15) is 19.6 Å². The first kappa shape index (κ1) is 22.7. The molecule has 0 aliphatic heterocycles. The number of nitriles is 1. The molecule has 3 rings (SSSR count). The van der Waals surface area contributed by atoms with E-state index in [9.17, 15) is 18.5 Å². The lowest BCUT2D eigenvalue weighted by atomic mass is 10.2. The van der Waals surface area contributed by atoms with Crippen molar-refractivity contribution in [3.8, 4) is 17.4 Å². The van der Waals surface area contributed by atoms with E-state index in [1.807, 2.05) is 6.07 Å². The first-order chi connectivity index (χ1) is 14.7. The number of furan rings is 1. The van der Waals surface area contributed by atoms with Gasteiger partial charge in [0, 0.05) is 28.2 Å². The van der Waals surface area contributed by atoms with Gasteiger partial charge in [-0.1, -0.05) is 37.6 Å². The molecule has 0 atom stereocenters. The van der Waals surface area contributed by atoms with Crippen molar-refractivity contribution < 1.29 is 17.6 Å². The van der Waals surface area contributed by atoms with Crippen LogP contribution < -0.4 is 5.32 Å². The van der Waals surface area contributed by atoms with Gasteiger partial charge in [0.2, 0.25) is 15.0 Å². The molecule has 31 heavy (non-hydrogen) atoms. The fourth-order valence-electron chi connectivity index (χ4n) is 2.58. The van der Waals surface area contributed by atoms with Crippen molar-refractivity contribution >= 4 is 50.1 Å². The minimum absolute atomic E-state index is 0.0208. The third-order valence-corrected chi connectivity index (χ3v) is 6.67. The summed E-state index contributed by atoms with van der Waals surface area (Å²) >= 11 is 6.71. The van der Waals surface area contributed by atoms with Crippen molar-refractivity contribution in [1.82, 2.24) is 9.36 Å². The van der Waals surface area contributed by atoms with Crippen LogP contribution in [0.4, 0.5) is 5.13 Å². The Kier molecular flexibility index (Phi) is 6.90. The first-order valence-corrected chi connectivity index (χ1v) is 11.8. The zero-order chi connectivity index (χ0) is 22.6. The first-order valence-electron chi connectivity index (χ1n) is 9.03. The highest BCUT2D eigenvalue weighted by atomic mass is 35.5. The Bertz CT molecular complexity index is 1290. The van der Waals surface area contributed by atoms with Gasteiger partial charge in [-0.2, -0.15) is 14.6 Å². The highest BCUT2D eigenvalue weighted by Crippen LogP contribution is 2.26. The van der Waals surface area contributed by atoms with Gasteiger partial charge in [0.05, 0.1) is 5.75 Å². The number of carbonyl (C=O) groups excluding carboxylic acids is 1. The van der Waals surface area contributed by atoms with Gasteiger partial charge >= 0.3 is 0 Å². The van der Waals surface area contributed by atoms with Crippen LogP contribution in [0.2, 0.25) is 5.02 Å². The molecule has 160 valence electrons. The molecule has 11 heteroatoms. The van der Waals surface area contributed by atoms with Crippen molar-refractivity contribution in [2.45, 2.75) is 19.0 Å². The standard InChI is InChI=1S/C20H17ClN4O4S2/c1-12(2)11-31(27,28)20-24-19(30-25-20)23-18(26)14(10-22)9-16-6-7-17(29-16)13-4-3-5-15(21)8-13/h3-9,12H,11H2,1-2H3,(H,23,24,25,26)/b14-9-. The lowest BCUT2D eigenvalue weighted by molar-refractivity contribution is -0.112. The van der Waals surface area contributed by atoms with Crippen molar-refractivity contribution in [3.63, 3.8) is 0 Å². The normalized spacial score (nSPS) is 12.0. The van der Waals surface area contributed by atoms with Crippen molar-refractivity contribution in [2.24, 2.45) is 5.92 Å². The van der Waals surface area contributed by atoms with Crippen molar-refractivity contribution in [1.29, 1.82) is 5.26 Å². The van der Waals surface area contributed by atoms with E-state index in [-0.39, 0.29) is 27.5 Å². The summed E-state index contributed by atoms with van der Waals surface area (Å²) < 4.78 is 33.9. The average molecular weight is 477 g/mol. The summed E-state index contributed by atoms with van der Waals surface area (Å²) in [6.07, 6.45) is 1.28. The minimum atomic E-state index is -3.64. The molecule has 0 spiro atoms. The summed E-state index contributed by atoms with van der Waals surface area (Å²) in [5, 5.41) is 11.9. The van der Waals surface area contributed by atoms with Crippen LogP contribution in [0.5, 0.6) is 0 Å². The van der Waals surface area contributed by atoms with Gasteiger partial charge in [-0.05, 0) is 30.2 Å². The van der Waals surface area contributed by atoms with E-state index in [4.69, 9.17) is 16.0 Å². The quantitative estimate of drug-likeness (QED) is 0.394. The maximum atomic E-state index is 12.4. The van der Waals surface area contributed by atoms with Crippen LogP contribution in [0.15, 0.2) is 51.5 Å². The summed E-state index contributed by atoms with van der Waals surface area (Å²) in [7, 11) is -3.64. The van der Waals surface area contributed by atoms with Crippen LogP contribution in [0.3, 0.4) is 0 Å². The number of halogens is 1. The Morgan fingerprint density at radius 3 is 2.81 bits per heavy atom. The average Bonchev–Trinajstić information content (AvgIpc) is 3.35. The van der Waals surface area contributed by atoms with Crippen molar-refractivity contribution in [3.05, 3.63) is 52.8 Å². The molecule has 2 heterocycles. The molecule has 8 nitrogen and oxygen atoms in total. The molecule has 0 aliphatic rings. The molecular weight excluding hydrogens is 460 g/mol. The monoisotopic (exact) mass is 476 g/mol. The number of sulfone groups is 1. The molecule has 1 aromatic carbocycles. The number of nitrogens with zero attached hydrogens (tertiary/aromatic N) is 3. The lowest BCUT2D eigenvalue weighted by Gasteiger charge is -2.02. The maximum Gasteiger partial charge on any atom is 0.268 e. The summed E-state index contributed by atoms with van der Waals surface area (Å²) in [6.45, 7) is 3.53. The predicted molar refractivity (Wildman–Crippen MR) is 118 cm³/mol. The molecule has 0 unspecified atom stereocenters. The highest BCUT2D eigenvalue weighted by molar-refractivity contribution is 7.91. The Hall–Kier alpha value is -3.00. The smallest absolute Gasteiger partial charge is 0.268 e. The summed E-state index contributed by atoms with van der Waals surface area (Å²) in [5.74, 6) is -0.139. The van der Waals surface area contributed by atoms with Gasteiger partial charge in [-0.15, -0.1) is 0 Å². The zero-order valence-electron chi connectivity index (χ0n) is 16.5. The third-order valence-electron chi connectivity index (χ3n) is 3.85. The van der Waals surface area contributed by atoms with Crippen LogP contribution >= 0.6 is 23.1 Å². The van der Waals surface area contributed by atoms with Gasteiger partial charge in [0.15, 0.2) is 0 Å². The molecule has 0 fully saturated rings. The predicted octanol–water partition coefficient (Wildman–Crippen LogP) is 4.43. The largest absolute Gasteiger partial charge is 0.457 e. The van der Waals surface area contributed by atoms with E-state index in [0.29, 0.717) is 16.5 Å².